The molecule has 4 rings (SSSR count). The lowest BCUT2D eigenvalue weighted by Crippen LogP contribution is -2.16. The zero-order chi connectivity index (χ0) is 24.5. The fourth-order valence-electron chi connectivity index (χ4n) is 3.38. The van der Waals surface area contributed by atoms with Crippen molar-refractivity contribution in [1.82, 2.24) is 0 Å². The molecule has 2 N–H and O–H groups in total. The van der Waals surface area contributed by atoms with Crippen molar-refractivity contribution in [2.24, 2.45) is 0 Å². The number of hydrogen-bond acceptors (Lipinski definition) is 6. The second-order valence-corrected chi connectivity index (χ2v) is 11.5. The largest absolute Gasteiger partial charge is 0.443 e. The molecular weight excluding hydrogens is 500 g/mol. The average molecular weight is 519 g/mol. The van der Waals surface area contributed by atoms with Crippen LogP contribution >= 0.6 is 11.6 Å². The number of rotatable bonds is 7. The molecule has 0 fully saturated rings. The number of carbonyl (C=O) groups excluding carboxylic acids is 1. The number of amides is 1. The monoisotopic (exact) mass is 518 g/mol. The Kier molecular flexibility index (Phi) is 6.39. The summed E-state index contributed by atoms with van der Waals surface area (Å²) < 4.78 is 60.2. The maximum absolute atomic E-state index is 13.2. The van der Waals surface area contributed by atoms with E-state index >= 15 is 0 Å². The second-order valence-electron chi connectivity index (χ2n) is 7.49. The normalized spacial score (nSPS) is 11.9. The molecule has 3 aromatic carbocycles. The van der Waals surface area contributed by atoms with E-state index in [0.29, 0.717) is 22.2 Å². The van der Waals surface area contributed by atoms with Gasteiger partial charge < -0.3 is 9.73 Å². The number of nitrogens with one attached hydrogen (secondary N) is 2. The van der Waals surface area contributed by atoms with Gasteiger partial charge in [0, 0.05) is 29.1 Å². The Bertz CT molecular complexity index is 1580. The number of carbonyl (C=O) groups is 1. The molecule has 1 heterocycles. The summed E-state index contributed by atoms with van der Waals surface area (Å²) in [5.41, 5.74) is 1.03. The van der Waals surface area contributed by atoms with Crippen LogP contribution in [0.2, 0.25) is 5.02 Å². The third-order valence-electron chi connectivity index (χ3n) is 4.79. The fourth-order valence-corrected chi connectivity index (χ4v) is 6.15. The highest BCUT2D eigenvalue weighted by Crippen LogP contribution is 2.31. The number of sulfone groups is 1. The lowest BCUT2D eigenvalue weighted by Gasteiger charge is -2.13. The summed E-state index contributed by atoms with van der Waals surface area (Å²) in [5.74, 6) is -0.721. The van der Waals surface area contributed by atoms with Gasteiger partial charge in [0.15, 0.2) is 9.84 Å². The van der Waals surface area contributed by atoms with E-state index in [4.69, 9.17) is 16.0 Å². The van der Waals surface area contributed by atoms with Crippen LogP contribution in [0.25, 0.3) is 11.0 Å². The predicted molar refractivity (Wildman–Crippen MR) is 130 cm³/mol. The zero-order valence-electron chi connectivity index (χ0n) is 17.8. The van der Waals surface area contributed by atoms with Crippen molar-refractivity contribution in [2.75, 3.05) is 10.0 Å². The molecular formula is C23H19ClN2O6S2. The van der Waals surface area contributed by atoms with Gasteiger partial charge in [-0.3, -0.25) is 9.52 Å². The smallest absolute Gasteiger partial charge is 0.295 e. The highest BCUT2D eigenvalue weighted by Gasteiger charge is 2.26. The molecule has 0 spiro atoms. The molecule has 0 atom stereocenters. The molecule has 0 radical (unpaired) electrons. The van der Waals surface area contributed by atoms with Crippen LogP contribution < -0.4 is 10.0 Å². The van der Waals surface area contributed by atoms with Gasteiger partial charge in [0.25, 0.3) is 10.0 Å². The van der Waals surface area contributed by atoms with Crippen molar-refractivity contribution in [3.8, 4) is 0 Å². The molecule has 4 aromatic rings. The second kappa shape index (κ2) is 9.13. The molecule has 1 aromatic heterocycles. The fraction of sp³-hybridized carbons (Fsp3) is 0.0870. The number of para-hydroxylation sites is 1. The Morgan fingerprint density at radius 2 is 1.71 bits per heavy atom. The topological polar surface area (TPSA) is 123 Å². The zero-order valence-corrected chi connectivity index (χ0v) is 20.2. The van der Waals surface area contributed by atoms with Gasteiger partial charge in [-0.05, 0) is 42.0 Å². The summed E-state index contributed by atoms with van der Waals surface area (Å²) in [6.45, 7) is 1.34. The summed E-state index contributed by atoms with van der Waals surface area (Å²) >= 11 is 6.04. The van der Waals surface area contributed by atoms with Crippen molar-refractivity contribution in [1.29, 1.82) is 0 Å². The quantitative estimate of drug-likeness (QED) is 0.361. The molecule has 11 heteroatoms. The van der Waals surface area contributed by atoms with Crippen LogP contribution in [0.4, 0.5) is 11.4 Å². The van der Waals surface area contributed by atoms with Crippen LogP contribution in [0, 0.1) is 0 Å². The van der Waals surface area contributed by atoms with Gasteiger partial charge in [0.1, 0.15) is 5.58 Å². The molecule has 0 bridgehead atoms. The first-order chi connectivity index (χ1) is 16.0. The van der Waals surface area contributed by atoms with Gasteiger partial charge >= 0.3 is 0 Å². The third kappa shape index (κ3) is 5.24. The number of hydrogen-bond donors (Lipinski definition) is 2. The highest BCUT2D eigenvalue weighted by molar-refractivity contribution is 7.93. The van der Waals surface area contributed by atoms with E-state index in [-0.39, 0.29) is 26.6 Å². The van der Waals surface area contributed by atoms with Crippen LogP contribution in [0.15, 0.2) is 87.2 Å². The Morgan fingerprint density at radius 3 is 2.44 bits per heavy atom. The number of anilines is 2. The van der Waals surface area contributed by atoms with E-state index in [1.165, 1.54) is 37.3 Å². The summed E-state index contributed by atoms with van der Waals surface area (Å²) in [7, 11) is -8.27. The molecule has 34 heavy (non-hydrogen) atoms. The van der Waals surface area contributed by atoms with E-state index < -0.39 is 25.6 Å². The van der Waals surface area contributed by atoms with E-state index in [0.717, 1.165) is 0 Å². The van der Waals surface area contributed by atoms with Crippen molar-refractivity contribution in [3.05, 3.63) is 83.4 Å². The first-order valence-corrected chi connectivity index (χ1v) is 13.5. The van der Waals surface area contributed by atoms with Gasteiger partial charge in [-0.2, -0.15) is 8.42 Å². The van der Waals surface area contributed by atoms with Crippen LogP contribution in [0.1, 0.15) is 12.5 Å². The minimum absolute atomic E-state index is 0.147. The maximum Gasteiger partial charge on any atom is 0.295 e. The molecule has 8 nitrogen and oxygen atoms in total. The van der Waals surface area contributed by atoms with Crippen molar-refractivity contribution in [2.45, 2.75) is 22.7 Å². The molecule has 176 valence electrons. The van der Waals surface area contributed by atoms with Crippen molar-refractivity contribution < 1.29 is 26.0 Å². The third-order valence-corrected chi connectivity index (χ3v) is 7.99. The lowest BCUT2D eigenvalue weighted by molar-refractivity contribution is -0.114. The standard InChI is InChI=1S/C23H19ClN2O6S2/c1-15(27)25-19-7-4-5-16(11-19)14-33(28,29)22-10-9-18(24)13-20(22)26-34(30,31)23-12-17-6-2-3-8-21(17)32-23/h2-13,26H,14H2,1H3,(H,25,27). The molecule has 0 saturated heterocycles. The van der Waals surface area contributed by atoms with E-state index in [1.807, 2.05) is 0 Å². The molecule has 0 aliphatic heterocycles. The van der Waals surface area contributed by atoms with Gasteiger partial charge in [-0.1, -0.05) is 41.9 Å². The Hall–Kier alpha value is -3.34. The van der Waals surface area contributed by atoms with Gasteiger partial charge in [0.2, 0.25) is 11.0 Å². The minimum atomic E-state index is -4.26. The van der Waals surface area contributed by atoms with Crippen molar-refractivity contribution >= 4 is 59.7 Å². The van der Waals surface area contributed by atoms with Gasteiger partial charge in [-0.25, -0.2) is 8.42 Å². The summed E-state index contributed by atoms with van der Waals surface area (Å²) in [6, 6.07) is 18.3. The van der Waals surface area contributed by atoms with Crippen LogP contribution in [-0.2, 0) is 30.4 Å². The summed E-state index contributed by atoms with van der Waals surface area (Å²) in [5, 5.41) is 2.97. The van der Waals surface area contributed by atoms with Crippen molar-refractivity contribution in [3.63, 3.8) is 0 Å². The first-order valence-electron chi connectivity index (χ1n) is 9.94. The van der Waals surface area contributed by atoms with Gasteiger partial charge in [0.05, 0.1) is 16.3 Å². The maximum atomic E-state index is 13.2. The van der Waals surface area contributed by atoms with E-state index in [9.17, 15) is 21.6 Å². The summed E-state index contributed by atoms with van der Waals surface area (Å²) in [4.78, 5) is 11.1. The number of sulfonamides is 1. The average Bonchev–Trinajstić information content (AvgIpc) is 3.18. The molecule has 0 saturated carbocycles. The Labute approximate surface area is 201 Å². The molecule has 0 aliphatic carbocycles. The van der Waals surface area contributed by atoms with Gasteiger partial charge in [-0.15, -0.1) is 0 Å². The Balaban J connectivity index is 1.68. The molecule has 1 amide bonds. The van der Waals surface area contributed by atoms with Crippen LogP contribution in [0.3, 0.4) is 0 Å². The minimum Gasteiger partial charge on any atom is -0.443 e. The lowest BCUT2D eigenvalue weighted by atomic mass is 10.2. The van der Waals surface area contributed by atoms with Crippen LogP contribution in [-0.4, -0.2) is 22.7 Å². The number of fused-ring (bicyclic) bond motifs is 1. The molecule has 0 unspecified atom stereocenters. The number of benzene rings is 3. The van der Waals surface area contributed by atoms with Crippen LogP contribution in [0.5, 0.6) is 0 Å². The molecule has 0 aliphatic rings. The number of furan rings is 1. The first kappa shape index (κ1) is 23.8. The highest BCUT2D eigenvalue weighted by atomic mass is 35.5. The summed E-state index contributed by atoms with van der Waals surface area (Å²) in [6.07, 6.45) is 0. The SMILES string of the molecule is CC(=O)Nc1cccc(CS(=O)(=O)c2ccc(Cl)cc2NS(=O)(=O)c2cc3ccccc3o2)c1. The van der Waals surface area contributed by atoms with E-state index in [1.54, 1.807) is 42.5 Å². The Morgan fingerprint density at radius 1 is 0.941 bits per heavy atom. The number of halogens is 1. The predicted octanol–water partition coefficient (Wildman–Crippen LogP) is 4.82. The van der Waals surface area contributed by atoms with E-state index in [2.05, 4.69) is 10.0 Å².